The highest BCUT2D eigenvalue weighted by Crippen LogP contribution is 2.34. The predicted molar refractivity (Wildman–Crippen MR) is 64.8 cm³/mol. The highest BCUT2D eigenvalue weighted by atomic mass is 16.1. The SMILES string of the molecule is O=C1C=CC(=O)c2c1c1ccc3[nH]cc2c3c1. The Morgan fingerprint density at radius 2 is 1.65 bits per heavy atom. The summed E-state index contributed by atoms with van der Waals surface area (Å²) >= 11 is 0. The maximum absolute atomic E-state index is 12.0. The van der Waals surface area contributed by atoms with Gasteiger partial charge in [-0.05, 0) is 29.7 Å². The number of carbonyl (C=O) groups excluding carboxylic acids is 2. The standard InChI is InChI=1S/C14H7NO2/c16-11-3-4-12(17)14-9-6-15-10-2-1-7(13(11)14)5-8(9)10/h1-6,15H. The van der Waals surface area contributed by atoms with Crippen molar-refractivity contribution in [1.29, 1.82) is 0 Å². The number of aromatic amines is 1. The van der Waals surface area contributed by atoms with E-state index < -0.39 is 0 Å². The summed E-state index contributed by atoms with van der Waals surface area (Å²) in [7, 11) is 0. The lowest BCUT2D eigenvalue weighted by Crippen LogP contribution is -2.12. The summed E-state index contributed by atoms with van der Waals surface area (Å²) in [6, 6.07) is 5.78. The van der Waals surface area contributed by atoms with E-state index in [1.54, 1.807) is 6.20 Å². The van der Waals surface area contributed by atoms with E-state index in [0.717, 1.165) is 21.7 Å². The Morgan fingerprint density at radius 3 is 2.47 bits per heavy atom. The molecule has 1 aromatic heterocycles. The van der Waals surface area contributed by atoms with Gasteiger partial charge in [-0.3, -0.25) is 9.59 Å². The van der Waals surface area contributed by atoms with Gasteiger partial charge in [0.2, 0.25) is 0 Å². The molecule has 17 heavy (non-hydrogen) atoms. The van der Waals surface area contributed by atoms with Crippen LogP contribution in [0.5, 0.6) is 0 Å². The van der Waals surface area contributed by atoms with Crippen LogP contribution < -0.4 is 0 Å². The van der Waals surface area contributed by atoms with E-state index >= 15 is 0 Å². The average molecular weight is 221 g/mol. The fourth-order valence-electron chi connectivity index (χ4n) is 2.60. The third-order valence-corrected chi connectivity index (χ3v) is 3.37. The Morgan fingerprint density at radius 1 is 0.882 bits per heavy atom. The van der Waals surface area contributed by atoms with Crippen LogP contribution in [0.15, 0.2) is 36.5 Å². The second-order valence-electron chi connectivity index (χ2n) is 4.27. The second kappa shape index (κ2) is 2.63. The minimum atomic E-state index is -0.0919. The molecule has 0 atom stereocenters. The van der Waals surface area contributed by atoms with Crippen LogP contribution in [-0.4, -0.2) is 16.6 Å². The first kappa shape index (κ1) is 8.70. The van der Waals surface area contributed by atoms with Crippen molar-refractivity contribution in [3.05, 3.63) is 47.7 Å². The van der Waals surface area contributed by atoms with Crippen LogP contribution in [0.4, 0.5) is 0 Å². The van der Waals surface area contributed by atoms with Gasteiger partial charge in [0.25, 0.3) is 0 Å². The summed E-state index contributed by atoms with van der Waals surface area (Å²) in [5, 5.41) is 2.69. The van der Waals surface area contributed by atoms with Gasteiger partial charge in [-0.15, -0.1) is 0 Å². The van der Waals surface area contributed by atoms with Gasteiger partial charge in [0.05, 0.1) is 0 Å². The maximum atomic E-state index is 12.0. The van der Waals surface area contributed by atoms with Gasteiger partial charge in [0.15, 0.2) is 11.6 Å². The lowest BCUT2D eigenvalue weighted by Gasteiger charge is -2.13. The molecule has 3 nitrogen and oxygen atoms in total. The minimum absolute atomic E-state index is 0.0905. The highest BCUT2D eigenvalue weighted by Gasteiger charge is 2.24. The Balaban J connectivity index is 2.35. The Bertz CT molecular complexity index is 823. The van der Waals surface area contributed by atoms with Crippen LogP contribution in [0.25, 0.3) is 21.7 Å². The van der Waals surface area contributed by atoms with Gasteiger partial charge in [0.1, 0.15) is 0 Å². The minimum Gasteiger partial charge on any atom is -0.361 e. The monoisotopic (exact) mass is 221 g/mol. The third-order valence-electron chi connectivity index (χ3n) is 3.37. The van der Waals surface area contributed by atoms with Gasteiger partial charge in [-0.2, -0.15) is 0 Å². The number of benzene rings is 2. The number of hydrogen-bond donors (Lipinski definition) is 1. The summed E-state index contributed by atoms with van der Waals surface area (Å²) < 4.78 is 0. The molecule has 2 bridgehead atoms. The second-order valence-corrected chi connectivity index (χ2v) is 4.27. The van der Waals surface area contributed by atoms with Crippen LogP contribution in [0.1, 0.15) is 20.7 Å². The van der Waals surface area contributed by atoms with E-state index in [1.807, 2.05) is 18.2 Å². The molecular formula is C14H7NO2. The Labute approximate surface area is 96.1 Å². The zero-order valence-corrected chi connectivity index (χ0v) is 8.78. The van der Waals surface area contributed by atoms with E-state index in [4.69, 9.17) is 0 Å². The van der Waals surface area contributed by atoms with E-state index in [0.29, 0.717) is 11.1 Å². The molecule has 1 aliphatic rings. The molecule has 3 heteroatoms. The van der Waals surface area contributed by atoms with Crippen LogP contribution in [0.3, 0.4) is 0 Å². The van der Waals surface area contributed by atoms with Gasteiger partial charge in [-0.25, -0.2) is 0 Å². The normalized spacial score (nSPS) is 15.1. The molecule has 0 saturated carbocycles. The Hall–Kier alpha value is -2.42. The molecule has 1 aliphatic carbocycles. The molecule has 1 heterocycles. The van der Waals surface area contributed by atoms with Gasteiger partial charge in [0, 0.05) is 33.6 Å². The number of hydrogen-bond acceptors (Lipinski definition) is 2. The summed E-state index contributed by atoms with van der Waals surface area (Å²) in [4.78, 5) is 27.0. The molecule has 0 saturated heterocycles. The largest absolute Gasteiger partial charge is 0.361 e. The number of rotatable bonds is 0. The van der Waals surface area contributed by atoms with Crippen molar-refractivity contribution < 1.29 is 9.59 Å². The number of H-pyrrole nitrogens is 1. The van der Waals surface area contributed by atoms with Crippen molar-refractivity contribution in [3.63, 3.8) is 0 Å². The summed E-state index contributed by atoms with van der Waals surface area (Å²) in [5.41, 5.74) is 2.06. The van der Waals surface area contributed by atoms with Crippen molar-refractivity contribution in [2.24, 2.45) is 0 Å². The van der Waals surface area contributed by atoms with E-state index in [1.165, 1.54) is 12.2 Å². The first-order chi connectivity index (χ1) is 8.25. The smallest absolute Gasteiger partial charge is 0.187 e. The molecule has 80 valence electrons. The van der Waals surface area contributed by atoms with Gasteiger partial charge in [-0.1, -0.05) is 6.07 Å². The number of carbonyl (C=O) groups is 2. The molecule has 0 spiro atoms. The molecule has 0 aliphatic heterocycles. The first-order valence-electron chi connectivity index (χ1n) is 5.38. The van der Waals surface area contributed by atoms with E-state index in [9.17, 15) is 9.59 Å². The molecule has 1 N–H and O–H groups in total. The average Bonchev–Trinajstić information content (AvgIpc) is 2.78. The number of aromatic nitrogens is 1. The number of ketones is 2. The summed E-state index contributed by atoms with van der Waals surface area (Å²) in [5.74, 6) is -0.182. The molecule has 0 radical (unpaired) electrons. The van der Waals surface area contributed by atoms with E-state index in [2.05, 4.69) is 4.98 Å². The maximum Gasteiger partial charge on any atom is 0.187 e. The molecule has 0 fully saturated rings. The topological polar surface area (TPSA) is 49.9 Å². The van der Waals surface area contributed by atoms with Crippen LogP contribution in [-0.2, 0) is 0 Å². The first-order valence-corrected chi connectivity index (χ1v) is 5.38. The summed E-state index contributed by atoms with van der Waals surface area (Å²) in [6.07, 6.45) is 4.50. The summed E-state index contributed by atoms with van der Waals surface area (Å²) in [6.45, 7) is 0. The molecular weight excluding hydrogens is 214 g/mol. The molecule has 0 amide bonds. The molecule has 0 unspecified atom stereocenters. The van der Waals surface area contributed by atoms with Crippen LogP contribution in [0, 0.1) is 0 Å². The fraction of sp³-hybridized carbons (Fsp3) is 0. The van der Waals surface area contributed by atoms with Crippen molar-refractivity contribution in [1.82, 2.24) is 4.98 Å². The zero-order chi connectivity index (χ0) is 11.6. The number of allylic oxidation sites excluding steroid dienone is 2. The van der Waals surface area contributed by atoms with Crippen molar-refractivity contribution in [2.75, 3.05) is 0 Å². The molecule has 3 aromatic rings. The fourth-order valence-corrected chi connectivity index (χ4v) is 2.60. The zero-order valence-electron chi connectivity index (χ0n) is 8.78. The number of fused-ring (bicyclic) bond motifs is 4. The lowest BCUT2D eigenvalue weighted by molar-refractivity contribution is 0.0996. The molecule has 4 rings (SSSR count). The van der Waals surface area contributed by atoms with Crippen molar-refractivity contribution in [2.45, 2.75) is 0 Å². The predicted octanol–water partition coefficient (Wildman–Crippen LogP) is 2.69. The van der Waals surface area contributed by atoms with Crippen molar-refractivity contribution >= 4 is 33.2 Å². The quantitative estimate of drug-likeness (QED) is 0.634. The van der Waals surface area contributed by atoms with Crippen LogP contribution >= 0.6 is 0 Å². The number of nitrogens with one attached hydrogen (secondary N) is 1. The van der Waals surface area contributed by atoms with Crippen LogP contribution in [0.2, 0.25) is 0 Å². The lowest BCUT2D eigenvalue weighted by atomic mass is 9.88. The third kappa shape index (κ3) is 0.916. The highest BCUT2D eigenvalue weighted by molar-refractivity contribution is 6.31. The Kier molecular flexibility index (Phi) is 1.35. The van der Waals surface area contributed by atoms with E-state index in [-0.39, 0.29) is 11.6 Å². The van der Waals surface area contributed by atoms with Crippen molar-refractivity contribution in [3.8, 4) is 0 Å². The van der Waals surface area contributed by atoms with Gasteiger partial charge < -0.3 is 4.98 Å². The van der Waals surface area contributed by atoms with Gasteiger partial charge >= 0.3 is 0 Å². The molecule has 2 aromatic carbocycles.